The molecule has 0 aliphatic carbocycles. The third kappa shape index (κ3) is 8.52. The summed E-state index contributed by atoms with van der Waals surface area (Å²) in [6.07, 6.45) is 5.16. The monoisotopic (exact) mass is 680 g/mol. The number of amides is 4. The highest BCUT2D eigenvalue weighted by molar-refractivity contribution is 6.45. The van der Waals surface area contributed by atoms with Crippen molar-refractivity contribution >= 4 is 52.6 Å². The first-order chi connectivity index (χ1) is 22.6. The molecule has 0 radical (unpaired) electrons. The molecule has 5 rings (SSSR count). The molecule has 1 atom stereocenters. The van der Waals surface area contributed by atoms with Crippen molar-refractivity contribution in [3.63, 3.8) is 0 Å². The number of rotatable bonds is 11. The van der Waals surface area contributed by atoms with E-state index in [4.69, 9.17) is 27.9 Å². The van der Waals surface area contributed by atoms with Crippen molar-refractivity contribution < 1.29 is 19.4 Å². The number of unbranched alkanes of at least 4 members (excludes halogenated alkanes) is 1. The first-order valence-electron chi connectivity index (χ1n) is 15.4. The lowest BCUT2D eigenvalue weighted by molar-refractivity contribution is 0.216. The lowest BCUT2D eigenvalue weighted by Gasteiger charge is -2.20. The van der Waals surface area contributed by atoms with Gasteiger partial charge in [-0.1, -0.05) is 48.7 Å². The summed E-state index contributed by atoms with van der Waals surface area (Å²) in [6, 6.07) is 15.0. The SMILES string of the molecule is CCCCc1cc(NC(=O)Nc2ccc(Oc3ccnc(NC(=O)N4CCC(N(C)C)C4)c3)c(Cl)c2Cl)n(-c2ccc(CO)cc2)n1. The Morgan fingerprint density at radius 1 is 1.04 bits per heavy atom. The number of ether oxygens (including phenoxy) is 1. The highest BCUT2D eigenvalue weighted by Crippen LogP contribution is 2.40. The van der Waals surface area contributed by atoms with E-state index in [0.717, 1.165) is 42.6 Å². The van der Waals surface area contributed by atoms with Crippen molar-refractivity contribution in [3.05, 3.63) is 82.1 Å². The normalized spacial score (nSPS) is 14.4. The maximum absolute atomic E-state index is 13.1. The zero-order chi connectivity index (χ0) is 33.5. The van der Waals surface area contributed by atoms with Crippen LogP contribution in [0.2, 0.25) is 10.0 Å². The van der Waals surface area contributed by atoms with E-state index < -0.39 is 6.03 Å². The van der Waals surface area contributed by atoms with Crippen molar-refractivity contribution in [2.75, 3.05) is 43.1 Å². The molecular weight excluding hydrogens is 643 g/mol. The summed E-state index contributed by atoms with van der Waals surface area (Å²) < 4.78 is 7.62. The quantitative estimate of drug-likeness (QED) is 0.134. The number of aryl methyl sites for hydroxylation is 1. The molecule has 2 aromatic carbocycles. The van der Waals surface area contributed by atoms with Crippen molar-refractivity contribution in [1.82, 2.24) is 24.6 Å². The van der Waals surface area contributed by atoms with Crippen molar-refractivity contribution in [2.24, 2.45) is 0 Å². The smallest absolute Gasteiger partial charge is 0.324 e. The van der Waals surface area contributed by atoms with Gasteiger partial charge < -0.3 is 25.0 Å². The molecule has 14 heteroatoms. The Morgan fingerprint density at radius 2 is 1.83 bits per heavy atom. The van der Waals surface area contributed by atoms with Gasteiger partial charge in [0.1, 0.15) is 28.2 Å². The maximum atomic E-state index is 13.1. The number of anilines is 3. The summed E-state index contributed by atoms with van der Waals surface area (Å²) >= 11 is 13.1. The topological polar surface area (TPSA) is 137 Å². The van der Waals surface area contributed by atoms with Crippen LogP contribution in [0.1, 0.15) is 37.4 Å². The number of likely N-dealkylation sites (N-methyl/N-ethyl adjacent to an activating group) is 1. The van der Waals surface area contributed by atoms with Gasteiger partial charge >= 0.3 is 12.1 Å². The zero-order valence-electron chi connectivity index (χ0n) is 26.5. The van der Waals surface area contributed by atoms with Gasteiger partial charge in [-0.05, 0) is 69.3 Å². The summed E-state index contributed by atoms with van der Waals surface area (Å²) in [5.41, 5.74) is 2.61. The van der Waals surface area contributed by atoms with Gasteiger partial charge in [-0.25, -0.2) is 19.3 Å². The number of aromatic nitrogens is 3. The summed E-state index contributed by atoms with van der Waals surface area (Å²) in [4.78, 5) is 34.0. The number of benzene rings is 2. The van der Waals surface area contributed by atoms with E-state index in [9.17, 15) is 14.7 Å². The van der Waals surface area contributed by atoms with Crippen molar-refractivity contribution in [1.29, 1.82) is 0 Å². The van der Waals surface area contributed by atoms with Crippen LogP contribution < -0.4 is 20.7 Å². The summed E-state index contributed by atoms with van der Waals surface area (Å²) in [7, 11) is 4.01. The van der Waals surface area contributed by atoms with Crippen LogP contribution in [-0.2, 0) is 13.0 Å². The number of carbonyl (C=O) groups excluding carboxylic acids is 2. The number of halogens is 2. The van der Waals surface area contributed by atoms with Gasteiger partial charge in [0.2, 0.25) is 0 Å². The van der Waals surface area contributed by atoms with Crippen molar-refractivity contribution in [3.8, 4) is 17.2 Å². The fourth-order valence-electron chi connectivity index (χ4n) is 5.12. The molecule has 248 valence electrons. The Morgan fingerprint density at radius 3 is 2.53 bits per heavy atom. The Kier molecular flexibility index (Phi) is 11.2. The predicted molar refractivity (Wildman–Crippen MR) is 184 cm³/mol. The van der Waals surface area contributed by atoms with E-state index >= 15 is 0 Å². The fourth-order valence-corrected chi connectivity index (χ4v) is 5.53. The van der Waals surface area contributed by atoms with E-state index in [1.165, 1.54) is 6.20 Å². The molecule has 3 heterocycles. The number of hydrogen-bond donors (Lipinski definition) is 4. The molecule has 12 nitrogen and oxygen atoms in total. The number of nitrogens with one attached hydrogen (secondary N) is 3. The third-order valence-corrected chi connectivity index (χ3v) is 8.69. The van der Waals surface area contributed by atoms with E-state index in [1.807, 2.05) is 32.3 Å². The Labute approximate surface area is 283 Å². The minimum Gasteiger partial charge on any atom is -0.456 e. The molecule has 1 unspecified atom stereocenters. The second-order valence-electron chi connectivity index (χ2n) is 11.4. The first kappa shape index (κ1) is 34.0. The Bertz CT molecular complexity index is 1710. The molecule has 0 saturated carbocycles. The molecule has 4 N–H and O–H groups in total. The standard InChI is InChI=1S/C33H38Cl2N8O4/c1-4-5-6-22-17-29(43(40-22)23-9-7-21(20-44)8-10-23)39-32(45)37-26-11-12-27(31(35)30(26)34)47-25-13-15-36-28(18-25)38-33(46)42-16-14-24(19-42)41(2)3/h7-13,15,17-18,24,44H,4-6,14,16,19-20H2,1-3H3,(H,36,38,46)(H2,37,39,45). The largest absolute Gasteiger partial charge is 0.456 e. The highest BCUT2D eigenvalue weighted by atomic mass is 35.5. The molecular formula is C33H38Cl2N8O4. The van der Waals surface area contributed by atoms with Gasteiger partial charge in [0.05, 0.1) is 28.7 Å². The van der Waals surface area contributed by atoms with Crippen LogP contribution in [0.3, 0.4) is 0 Å². The first-order valence-corrected chi connectivity index (χ1v) is 16.1. The predicted octanol–water partition coefficient (Wildman–Crippen LogP) is 7.01. The second-order valence-corrected chi connectivity index (χ2v) is 12.2. The van der Waals surface area contributed by atoms with Crippen LogP contribution in [0.4, 0.5) is 26.9 Å². The summed E-state index contributed by atoms with van der Waals surface area (Å²) in [5.74, 6) is 1.44. The fraction of sp³-hybridized carbons (Fsp3) is 0.333. The number of nitrogens with zero attached hydrogens (tertiary/aromatic N) is 5. The second kappa shape index (κ2) is 15.5. The highest BCUT2D eigenvalue weighted by Gasteiger charge is 2.27. The van der Waals surface area contributed by atoms with Crippen LogP contribution in [0.15, 0.2) is 60.8 Å². The average molecular weight is 682 g/mol. The molecule has 1 aliphatic heterocycles. The van der Waals surface area contributed by atoms with E-state index in [-0.39, 0.29) is 34.1 Å². The number of aliphatic hydroxyl groups is 1. The molecule has 47 heavy (non-hydrogen) atoms. The lowest BCUT2D eigenvalue weighted by Crippen LogP contribution is -2.36. The van der Waals surface area contributed by atoms with Gasteiger partial charge in [-0.2, -0.15) is 5.10 Å². The number of carbonyl (C=O) groups is 2. The van der Waals surface area contributed by atoms with Crippen LogP contribution in [-0.4, -0.2) is 75.0 Å². The summed E-state index contributed by atoms with van der Waals surface area (Å²) in [5, 5.41) is 22.7. The maximum Gasteiger partial charge on any atom is 0.324 e. The molecule has 1 fully saturated rings. The van der Waals surface area contributed by atoms with Crippen molar-refractivity contribution in [2.45, 2.75) is 45.3 Å². The minimum absolute atomic E-state index is 0.0692. The van der Waals surface area contributed by atoms with Crippen LogP contribution in [0.5, 0.6) is 11.5 Å². The molecule has 4 aromatic rings. The number of likely N-dealkylation sites (tertiary alicyclic amines) is 1. The Balaban J connectivity index is 1.25. The zero-order valence-corrected chi connectivity index (χ0v) is 28.0. The lowest BCUT2D eigenvalue weighted by atomic mass is 10.2. The van der Waals surface area contributed by atoms with Gasteiger partial charge in [-0.15, -0.1) is 0 Å². The molecule has 0 spiro atoms. The van der Waals surface area contributed by atoms with Gasteiger partial charge in [0, 0.05) is 37.5 Å². The minimum atomic E-state index is -0.545. The van der Waals surface area contributed by atoms with E-state index in [0.29, 0.717) is 36.5 Å². The third-order valence-electron chi connectivity index (χ3n) is 7.82. The van der Waals surface area contributed by atoms with Gasteiger partial charge in [0.25, 0.3) is 0 Å². The van der Waals surface area contributed by atoms with Crippen LogP contribution >= 0.6 is 23.2 Å². The van der Waals surface area contributed by atoms with Crippen LogP contribution in [0.25, 0.3) is 5.69 Å². The summed E-state index contributed by atoms with van der Waals surface area (Å²) in [6.45, 7) is 3.34. The molecule has 1 aliphatic rings. The Hall–Kier alpha value is -4.36. The number of hydrogen-bond acceptors (Lipinski definition) is 7. The average Bonchev–Trinajstić information content (AvgIpc) is 3.72. The molecule has 0 bridgehead atoms. The van der Waals surface area contributed by atoms with E-state index in [1.54, 1.807) is 46.0 Å². The number of urea groups is 2. The van der Waals surface area contributed by atoms with Crippen LogP contribution in [0, 0.1) is 0 Å². The molecule has 1 saturated heterocycles. The molecule has 2 aromatic heterocycles. The van der Waals surface area contributed by atoms with E-state index in [2.05, 4.69) is 37.9 Å². The number of aliphatic hydroxyl groups excluding tert-OH is 1. The molecule has 4 amide bonds. The van der Waals surface area contributed by atoms with Gasteiger partial charge in [0.15, 0.2) is 0 Å². The number of pyridine rings is 1. The van der Waals surface area contributed by atoms with Gasteiger partial charge in [-0.3, -0.25) is 10.6 Å².